The van der Waals surface area contributed by atoms with Crippen LogP contribution >= 0.6 is 0 Å². The minimum absolute atomic E-state index is 0.143. The third kappa shape index (κ3) is 3.58. The molecule has 0 fully saturated rings. The first-order valence-electron chi connectivity index (χ1n) is 7.13. The Morgan fingerprint density at radius 1 is 1.38 bits per heavy atom. The maximum absolute atomic E-state index is 14.3. The second kappa shape index (κ2) is 7.17. The average Bonchev–Trinajstić information content (AvgIpc) is 2.94. The van der Waals surface area contributed by atoms with E-state index in [2.05, 4.69) is 15.4 Å². The monoisotopic (exact) mass is 292 g/mol. The minimum Gasteiger partial charge on any atom is -0.497 e. The van der Waals surface area contributed by atoms with Crippen molar-refractivity contribution < 1.29 is 9.13 Å². The zero-order chi connectivity index (χ0) is 15.2. The number of methoxy groups -OCH3 is 1. The van der Waals surface area contributed by atoms with Crippen LogP contribution in [0.3, 0.4) is 0 Å². The fourth-order valence-corrected chi connectivity index (χ4v) is 2.35. The maximum Gasteiger partial charge on any atom is 0.138 e. The summed E-state index contributed by atoms with van der Waals surface area (Å²) in [6, 6.07) is 4.79. The molecule has 0 saturated carbocycles. The molecule has 1 heterocycles. The SMILES string of the molecule is CCNC(Cc1ncnn1CC)c1ccc(OC)cc1F. The van der Waals surface area contributed by atoms with Crippen LogP contribution in [0.2, 0.25) is 0 Å². The second-order valence-corrected chi connectivity index (χ2v) is 4.69. The van der Waals surface area contributed by atoms with Gasteiger partial charge in [0.1, 0.15) is 23.7 Å². The van der Waals surface area contributed by atoms with Crippen LogP contribution < -0.4 is 10.1 Å². The molecule has 0 amide bonds. The molecular weight excluding hydrogens is 271 g/mol. The summed E-state index contributed by atoms with van der Waals surface area (Å²) in [7, 11) is 1.53. The number of aryl methyl sites for hydroxylation is 1. The van der Waals surface area contributed by atoms with Crippen LogP contribution in [0.25, 0.3) is 0 Å². The molecule has 1 N–H and O–H groups in total. The zero-order valence-electron chi connectivity index (χ0n) is 12.6. The highest BCUT2D eigenvalue weighted by molar-refractivity contribution is 5.31. The Kier molecular flexibility index (Phi) is 5.27. The Morgan fingerprint density at radius 3 is 2.81 bits per heavy atom. The Hall–Kier alpha value is -1.95. The number of benzene rings is 1. The first-order chi connectivity index (χ1) is 10.2. The van der Waals surface area contributed by atoms with Gasteiger partial charge in [0.15, 0.2) is 0 Å². The van der Waals surface area contributed by atoms with Gasteiger partial charge in [-0.2, -0.15) is 5.10 Å². The summed E-state index contributed by atoms with van der Waals surface area (Å²) in [5.41, 5.74) is 0.614. The van der Waals surface area contributed by atoms with Gasteiger partial charge < -0.3 is 10.1 Å². The Balaban J connectivity index is 2.26. The van der Waals surface area contributed by atoms with Crippen LogP contribution in [0, 0.1) is 5.82 Å². The molecule has 0 aliphatic carbocycles. The summed E-state index contributed by atoms with van der Waals surface area (Å²) in [5.74, 6) is 1.09. The molecule has 0 spiro atoms. The molecule has 2 rings (SSSR count). The van der Waals surface area contributed by atoms with E-state index in [0.29, 0.717) is 17.7 Å². The van der Waals surface area contributed by atoms with E-state index in [4.69, 9.17) is 4.74 Å². The van der Waals surface area contributed by atoms with E-state index in [1.54, 1.807) is 12.1 Å². The molecule has 0 saturated heterocycles. The summed E-state index contributed by atoms with van der Waals surface area (Å²) >= 11 is 0. The van der Waals surface area contributed by atoms with Crippen molar-refractivity contribution in [2.45, 2.75) is 32.9 Å². The number of nitrogens with one attached hydrogen (secondary N) is 1. The average molecular weight is 292 g/mol. The van der Waals surface area contributed by atoms with Crippen LogP contribution in [-0.4, -0.2) is 28.4 Å². The van der Waals surface area contributed by atoms with Crippen molar-refractivity contribution in [2.24, 2.45) is 0 Å². The van der Waals surface area contributed by atoms with Crippen LogP contribution in [0.1, 0.15) is 31.3 Å². The standard InChI is InChI=1S/C15H21FN4O/c1-4-17-14(9-15-18-10-19-20(15)5-2)12-7-6-11(21-3)8-13(12)16/h6-8,10,14,17H,4-5,9H2,1-3H3. The van der Waals surface area contributed by atoms with Gasteiger partial charge >= 0.3 is 0 Å². The van der Waals surface area contributed by atoms with Gasteiger partial charge in [0.25, 0.3) is 0 Å². The lowest BCUT2D eigenvalue weighted by Gasteiger charge is -2.19. The number of aromatic nitrogens is 3. The number of rotatable bonds is 7. The van der Waals surface area contributed by atoms with E-state index in [-0.39, 0.29) is 11.9 Å². The maximum atomic E-state index is 14.3. The predicted molar refractivity (Wildman–Crippen MR) is 78.8 cm³/mol. The summed E-state index contributed by atoms with van der Waals surface area (Å²) in [6.45, 7) is 5.50. The van der Waals surface area contributed by atoms with E-state index in [1.807, 2.05) is 18.5 Å². The van der Waals surface area contributed by atoms with E-state index in [0.717, 1.165) is 18.9 Å². The lowest BCUT2D eigenvalue weighted by atomic mass is 10.0. The van der Waals surface area contributed by atoms with E-state index < -0.39 is 0 Å². The molecule has 0 radical (unpaired) electrons. The minimum atomic E-state index is -0.275. The molecule has 0 bridgehead atoms. The summed E-state index contributed by atoms with van der Waals surface area (Å²) in [6.07, 6.45) is 2.12. The van der Waals surface area contributed by atoms with Gasteiger partial charge in [-0.1, -0.05) is 13.0 Å². The first-order valence-corrected chi connectivity index (χ1v) is 7.13. The van der Waals surface area contributed by atoms with E-state index in [1.165, 1.54) is 19.5 Å². The summed E-state index contributed by atoms with van der Waals surface area (Å²) in [5, 5.41) is 7.46. The summed E-state index contributed by atoms with van der Waals surface area (Å²) in [4.78, 5) is 4.26. The molecule has 2 aromatic rings. The molecular formula is C15H21FN4O. The lowest BCUT2D eigenvalue weighted by Crippen LogP contribution is -2.25. The number of hydrogen-bond donors (Lipinski definition) is 1. The Morgan fingerprint density at radius 2 is 2.19 bits per heavy atom. The fourth-order valence-electron chi connectivity index (χ4n) is 2.35. The molecule has 1 aromatic heterocycles. The van der Waals surface area contributed by atoms with Crippen LogP contribution in [0.15, 0.2) is 24.5 Å². The largest absolute Gasteiger partial charge is 0.497 e. The topological polar surface area (TPSA) is 52.0 Å². The highest BCUT2D eigenvalue weighted by Gasteiger charge is 2.18. The van der Waals surface area contributed by atoms with Crippen molar-refractivity contribution in [3.05, 3.63) is 41.7 Å². The normalized spacial score (nSPS) is 12.4. The van der Waals surface area contributed by atoms with E-state index >= 15 is 0 Å². The van der Waals surface area contributed by atoms with Crippen LogP contribution in [0.4, 0.5) is 4.39 Å². The Labute approximate surface area is 124 Å². The fraction of sp³-hybridized carbons (Fsp3) is 0.467. The molecule has 21 heavy (non-hydrogen) atoms. The summed E-state index contributed by atoms with van der Waals surface area (Å²) < 4.78 is 21.1. The third-order valence-corrected chi connectivity index (χ3v) is 3.42. The van der Waals surface area contributed by atoms with Gasteiger partial charge in [-0.3, -0.25) is 4.68 Å². The quantitative estimate of drug-likeness (QED) is 0.851. The number of hydrogen-bond acceptors (Lipinski definition) is 4. The second-order valence-electron chi connectivity index (χ2n) is 4.69. The van der Waals surface area contributed by atoms with Gasteiger partial charge in [-0.05, 0) is 19.5 Å². The third-order valence-electron chi connectivity index (χ3n) is 3.42. The molecule has 6 heteroatoms. The van der Waals surface area contributed by atoms with Crippen molar-refractivity contribution in [3.8, 4) is 5.75 Å². The predicted octanol–water partition coefficient (Wildman–Crippen LogP) is 2.34. The zero-order valence-corrected chi connectivity index (χ0v) is 12.6. The van der Waals surface area contributed by atoms with Gasteiger partial charge in [-0.15, -0.1) is 0 Å². The first kappa shape index (κ1) is 15.4. The number of halogens is 1. The number of nitrogens with zero attached hydrogens (tertiary/aromatic N) is 3. The van der Waals surface area contributed by atoms with Gasteiger partial charge in [0.2, 0.25) is 0 Å². The lowest BCUT2D eigenvalue weighted by molar-refractivity contribution is 0.408. The number of likely N-dealkylation sites (N-methyl/N-ethyl adjacent to an activating group) is 1. The molecule has 114 valence electrons. The van der Waals surface area contributed by atoms with Crippen molar-refractivity contribution in [1.29, 1.82) is 0 Å². The van der Waals surface area contributed by atoms with Crippen molar-refractivity contribution in [1.82, 2.24) is 20.1 Å². The highest BCUT2D eigenvalue weighted by Crippen LogP contribution is 2.24. The molecule has 1 unspecified atom stereocenters. The molecule has 1 atom stereocenters. The Bertz CT molecular complexity index is 585. The van der Waals surface area contributed by atoms with Crippen LogP contribution in [0.5, 0.6) is 5.75 Å². The van der Waals surface area contributed by atoms with Gasteiger partial charge in [0, 0.05) is 30.6 Å². The smallest absolute Gasteiger partial charge is 0.138 e. The van der Waals surface area contributed by atoms with Crippen LogP contribution in [-0.2, 0) is 13.0 Å². The molecule has 5 nitrogen and oxygen atoms in total. The van der Waals surface area contributed by atoms with E-state index in [9.17, 15) is 4.39 Å². The van der Waals surface area contributed by atoms with Crippen molar-refractivity contribution in [3.63, 3.8) is 0 Å². The molecule has 1 aromatic carbocycles. The van der Waals surface area contributed by atoms with Gasteiger partial charge in [0.05, 0.1) is 7.11 Å². The molecule has 0 aliphatic rings. The van der Waals surface area contributed by atoms with Crippen molar-refractivity contribution in [2.75, 3.05) is 13.7 Å². The number of ether oxygens (including phenoxy) is 1. The highest BCUT2D eigenvalue weighted by atomic mass is 19.1. The molecule has 0 aliphatic heterocycles. The van der Waals surface area contributed by atoms with Crippen molar-refractivity contribution >= 4 is 0 Å². The van der Waals surface area contributed by atoms with Gasteiger partial charge in [-0.25, -0.2) is 9.37 Å².